The van der Waals surface area contributed by atoms with Crippen molar-refractivity contribution in [3.63, 3.8) is 0 Å². The molecule has 1 aromatic carbocycles. The van der Waals surface area contributed by atoms with Crippen LogP contribution in [-0.4, -0.2) is 23.2 Å². The smallest absolute Gasteiger partial charge is 0.180 e. The Morgan fingerprint density at radius 2 is 2.21 bits per heavy atom. The number of aromatic nitrogens is 2. The Balaban J connectivity index is 2.41. The van der Waals surface area contributed by atoms with Gasteiger partial charge in [0, 0.05) is 18.0 Å². The van der Waals surface area contributed by atoms with E-state index in [1.807, 2.05) is 19.1 Å². The van der Waals surface area contributed by atoms with Crippen molar-refractivity contribution in [1.29, 1.82) is 0 Å². The van der Waals surface area contributed by atoms with Crippen LogP contribution in [0.3, 0.4) is 0 Å². The maximum absolute atomic E-state index is 6.28. The van der Waals surface area contributed by atoms with Crippen LogP contribution in [0.1, 0.15) is 20.3 Å². The van der Waals surface area contributed by atoms with E-state index < -0.39 is 0 Å². The molecule has 0 radical (unpaired) electrons. The molecule has 1 unspecified atom stereocenters. The minimum Gasteiger partial charge on any atom is -0.493 e. The van der Waals surface area contributed by atoms with Gasteiger partial charge >= 0.3 is 0 Å². The number of H-pyrrole nitrogens is 1. The van der Waals surface area contributed by atoms with E-state index in [2.05, 4.69) is 16.9 Å². The van der Waals surface area contributed by atoms with E-state index >= 15 is 0 Å². The molecular formula is C14H17ClN2O2. The maximum atomic E-state index is 6.28. The largest absolute Gasteiger partial charge is 0.493 e. The Labute approximate surface area is 117 Å². The van der Waals surface area contributed by atoms with Crippen molar-refractivity contribution < 1.29 is 9.47 Å². The lowest BCUT2D eigenvalue weighted by Gasteiger charge is -2.17. The van der Waals surface area contributed by atoms with Gasteiger partial charge in [-0.3, -0.25) is 0 Å². The first kappa shape index (κ1) is 13.7. The quantitative estimate of drug-likeness (QED) is 0.903. The summed E-state index contributed by atoms with van der Waals surface area (Å²) < 4.78 is 11.2. The standard InChI is InChI=1S/C14H17ClN2O2/c1-4-9(2)19-13-11(15)7-10(8-12(13)18-3)14-16-5-6-17-14/h5-9H,4H2,1-3H3,(H,16,17). The number of aromatic amines is 1. The summed E-state index contributed by atoms with van der Waals surface area (Å²) in [6.45, 7) is 4.05. The van der Waals surface area contributed by atoms with Crippen LogP contribution in [0, 0.1) is 0 Å². The minimum atomic E-state index is 0.0841. The molecule has 0 saturated carbocycles. The van der Waals surface area contributed by atoms with Gasteiger partial charge in [-0.25, -0.2) is 4.98 Å². The van der Waals surface area contributed by atoms with Crippen molar-refractivity contribution in [2.45, 2.75) is 26.4 Å². The average Bonchev–Trinajstić information content (AvgIpc) is 2.94. The Morgan fingerprint density at radius 1 is 1.42 bits per heavy atom. The van der Waals surface area contributed by atoms with Crippen LogP contribution >= 0.6 is 11.6 Å². The Kier molecular flexibility index (Phi) is 4.32. The number of halogens is 1. The second-order valence-electron chi connectivity index (χ2n) is 4.26. The highest BCUT2D eigenvalue weighted by molar-refractivity contribution is 6.32. The fourth-order valence-electron chi connectivity index (χ4n) is 1.68. The van der Waals surface area contributed by atoms with Crippen molar-refractivity contribution in [2.75, 3.05) is 7.11 Å². The predicted molar refractivity (Wildman–Crippen MR) is 76.0 cm³/mol. The third-order valence-corrected chi connectivity index (χ3v) is 3.18. The van der Waals surface area contributed by atoms with Crippen molar-refractivity contribution >= 4 is 11.6 Å². The lowest BCUT2D eigenvalue weighted by molar-refractivity contribution is 0.208. The Bertz CT molecular complexity index is 541. The van der Waals surface area contributed by atoms with Crippen LogP contribution in [0.15, 0.2) is 24.5 Å². The molecule has 4 nitrogen and oxygen atoms in total. The summed E-state index contributed by atoms with van der Waals surface area (Å²) in [5.74, 6) is 1.93. The average molecular weight is 281 g/mol. The number of methoxy groups -OCH3 is 1. The third kappa shape index (κ3) is 3.01. The molecule has 102 valence electrons. The molecule has 0 saturated heterocycles. The summed E-state index contributed by atoms with van der Waals surface area (Å²) in [4.78, 5) is 7.24. The number of rotatable bonds is 5. The lowest BCUT2D eigenvalue weighted by Crippen LogP contribution is -2.11. The first-order valence-corrected chi connectivity index (χ1v) is 6.57. The van der Waals surface area contributed by atoms with Gasteiger partial charge in [-0.2, -0.15) is 0 Å². The molecule has 0 spiro atoms. The predicted octanol–water partition coefficient (Wildman–Crippen LogP) is 3.92. The van der Waals surface area contributed by atoms with Crippen LogP contribution < -0.4 is 9.47 Å². The molecule has 0 aliphatic rings. The fraction of sp³-hybridized carbons (Fsp3) is 0.357. The van der Waals surface area contributed by atoms with Gasteiger partial charge in [-0.05, 0) is 25.5 Å². The van der Waals surface area contributed by atoms with Crippen molar-refractivity contribution in [3.05, 3.63) is 29.5 Å². The summed E-state index contributed by atoms with van der Waals surface area (Å²) in [6, 6.07) is 3.68. The van der Waals surface area contributed by atoms with Gasteiger partial charge in [0.05, 0.1) is 18.2 Å². The molecule has 0 aliphatic heterocycles. The molecule has 1 heterocycles. The Hall–Kier alpha value is -1.68. The summed E-state index contributed by atoms with van der Waals surface area (Å²) in [6.07, 6.45) is 4.44. The van der Waals surface area contributed by atoms with E-state index in [0.717, 1.165) is 17.8 Å². The number of imidazole rings is 1. The molecule has 1 aromatic heterocycles. The van der Waals surface area contributed by atoms with Crippen LogP contribution in [0.4, 0.5) is 0 Å². The first-order chi connectivity index (χ1) is 9.15. The normalized spacial score (nSPS) is 12.2. The van der Waals surface area contributed by atoms with Gasteiger partial charge in [0.25, 0.3) is 0 Å². The van der Waals surface area contributed by atoms with Gasteiger partial charge in [0.15, 0.2) is 11.5 Å². The van der Waals surface area contributed by atoms with Crippen LogP contribution in [-0.2, 0) is 0 Å². The van der Waals surface area contributed by atoms with E-state index in [1.165, 1.54) is 0 Å². The molecular weight excluding hydrogens is 264 g/mol. The summed E-state index contributed by atoms with van der Waals surface area (Å²) in [7, 11) is 1.60. The van der Waals surface area contributed by atoms with Gasteiger partial charge in [0.1, 0.15) is 5.82 Å². The Morgan fingerprint density at radius 3 is 2.79 bits per heavy atom. The highest BCUT2D eigenvalue weighted by Gasteiger charge is 2.15. The van der Waals surface area contributed by atoms with E-state index in [9.17, 15) is 0 Å². The molecule has 0 fully saturated rings. The number of nitrogens with one attached hydrogen (secondary N) is 1. The summed E-state index contributed by atoms with van der Waals surface area (Å²) in [5, 5.41) is 0.519. The number of nitrogens with zero attached hydrogens (tertiary/aromatic N) is 1. The van der Waals surface area contributed by atoms with Crippen molar-refractivity contribution in [3.8, 4) is 22.9 Å². The SMILES string of the molecule is CCC(C)Oc1c(Cl)cc(-c2ncc[nH]2)cc1OC. The second kappa shape index (κ2) is 5.97. The molecule has 0 aliphatic carbocycles. The zero-order chi connectivity index (χ0) is 13.8. The number of ether oxygens (including phenoxy) is 2. The second-order valence-corrected chi connectivity index (χ2v) is 4.67. The lowest BCUT2D eigenvalue weighted by atomic mass is 10.2. The topological polar surface area (TPSA) is 47.1 Å². The van der Waals surface area contributed by atoms with Gasteiger partial charge in [0.2, 0.25) is 0 Å². The molecule has 1 N–H and O–H groups in total. The molecule has 2 aromatic rings. The summed E-state index contributed by atoms with van der Waals surface area (Å²) >= 11 is 6.28. The third-order valence-electron chi connectivity index (χ3n) is 2.90. The van der Waals surface area contributed by atoms with Crippen LogP contribution in [0.2, 0.25) is 5.02 Å². The maximum Gasteiger partial charge on any atom is 0.180 e. The first-order valence-electron chi connectivity index (χ1n) is 6.19. The molecule has 19 heavy (non-hydrogen) atoms. The van der Waals surface area contributed by atoms with Crippen molar-refractivity contribution in [1.82, 2.24) is 9.97 Å². The van der Waals surface area contributed by atoms with E-state index in [-0.39, 0.29) is 6.10 Å². The van der Waals surface area contributed by atoms with E-state index in [0.29, 0.717) is 16.5 Å². The van der Waals surface area contributed by atoms with Gasteiger partial charge < -0.3 is 14.5 Å². The number of hydrogen-bond acceptors (Lipinski definition) is 3. The number of hydrogen-bond donors (Lipinski definition) is 1. The molecule has 2 rings (SSSR count). The van der Waals surface area contributed by atoms with Gasteiger partial charge in [-0.1, -0.05) is 18.5 Å². The highest BCUT2D eigenvalue weighted by atomic mass is 35.5. The molecule has 5 heteroatoms. The van der Waals surface area contributed by atoms with Crippen molar-refractivity contribution in [2.24, 2.45) is 0 Å². The zero-order valence-electron chi connectivity index (χ0n) is 11.2. The number of benzene rings is 1. The summed E-state index contributed by atoms with van der Waals surface area (Å²) in [5.41, 5.74) is 0.864. The van der Waals surface area contributed by atoms with E-state index in [4.69, 9.17) is 21.1 Å². The highest BCUT2D eigenvalue weighted by Crippen LogP contribution is 2.39. The zero-order valence-corrected chi connectivity index (χ0v) is 12.0. The molecule has 0 bridgehead atoms. The molecule has 1 atom stereocenters. The monoisotopic (exact) mass is 280 g/mol. The van der Waals surface area contributed by atoms with E-state index in [1.54, 1.807) is 19.5 Å². The molecule has 0 amide bonds. The van der Waals surface area contributed by atoms with Crippen LogP contribution in [0.25, 0.3) is 11.4 Å². The fourth-order valence-corrected chi connectivity index (χ4v) is 1.93. The van der Waals surface area contributed by atoms with Crippen LogP contribution in [0.5, 0.6) is 11.5 Å². The minimum absolute atomic E-state index is 0.0841. The van der Waals surface area contributed by atoms with Gasteiger partial charge in [-0.15, -0.1) is 0 Å².